The minimum Gasteiger partial charge on any atom is -0.481 e. The number of carbonyl (C=O) groups excluding carboxylic acids is 1. The molecule has 5 nitrogen and oxygen atoms in total. The average Bonchev–Trinajstić information content (AvgIpc) is 2.83. The van der Waals surface area contributed by atoms with Crippen molar-refractivity contribution in [2.75, 3.05) is 20.1 Å². The monoisotopic (exact) mass is 284 g/mol. The number of hydrogen-bond acceptors (Lipinski definition) is 2. The summed E-state index contributed by atoms with van der Waals surface area (Å²) in [5.41, 5.74) is -0.960. The Morgan fingerprint density at radius 3 is 2.40 bits per heavy atom. The number of rotatable bonds is 5. The maximum atomic E-state index is 12.5. The van der Waals surface area contributed by atoms with E-state index in [4.69, 9.17) is 0 Å². The fourth-order valence-electron chi connectivity index (χ4n) is 2.71. The minimum atomic E-state index is -0.771. The zero-order chi connectivity index (χ0) is 15.6. The van der Waals surface area contributed by atoms with Crippen LogP contribution in [0.5, 0.6) is 0 Å². The Balaban J connectivity index is 2.81. The predicted molar refractivity (Wildman–Crippen MR) is 78.7 cm³/mol. The number of carboxylic acids is 1. The molecule has 20 heavy (non-hydrogen) atoms. The molecular weight excluding hydrogens is 256 g/mol. The van der Waals surface area contributed by atoms with E-state index < -0.39 is 11.4 Å². The molecule has 1 aliphatic rings. The highest BCUT2D eigenvalue weighted by Crippen LogP contribution is 2.36. The maximum absolute atomic E-state index is 12.5. The molecule has 1 unspecified atom stereocenters. The fourth-order valence-corrected chi connectivity index (χ4v) is 2.71. The van der Waals surface area contributed by atoms with Crippen LogP contribution in [0, 0.1) is 5.41 Å². The lowest BCUT2D eigenvalue weighted by atomic mass is 9.83. The van der Waals surface area contributed by atoms with Crippen LogP contribution in [0.4, 0.5) is 4.79 Å². The molecule has 1 heterocycles. The third kappa shape index (κ3) is 3.07. The van der Waals surface area contributed by atoms with E-state index in [0.29, 0.717) is 25.9 Å². The number of hydrogen-bond donors (Lipinski definition) is 1. The van der Waals surface area contributed by atoms with Crippen LogP contribution >= 0.6 is 0 Å². The summed E-state index contributed by atoms with van der Waals surface area (Å²) in [7, 11) is 1.80. The molecule has 1 atom stereocenters. The molecule has 5 heteroatoms. The van der Waals surface area contributed by atoms with E-state index >= 15 is 0 Å². The molecule has 1 saturated heterocycles. The predicted octanol–water partition coefficient (Wildman–Crippen LogP) is 2.80. The number of carbonyl (C=O) groups is 2. The average molecular weight is 284 g/mol. The van der Waals surface area contributed by atoms with Crippen LogP contribution < -0.4 is 0 Å². The zero-order valence-electron chi connectivity index (χ0n) is 13.4. The van der Waals surface area contributed by atoms with Crippen molar-refractivity contribution in [1.29, 1.82) is 0 Å². The Kier molecular flexibility index (Phi) is 5.05. The minimum absolute atomic E-state index is 0.0592. The molecule has 116 valence electrons. The Hall–Kier alpha value is -1.26. The largest absolute Gasteiger partial charge is 0.481 e. The van der Waals surface area contributed by atoms with Crippen molar-refractivity contribution in [1.82, 2.24) is 9.80 Å². The molecule has 2 amide bonds. The number of nitrogens with zero attached hydrogens (tertiary/aromatic N) is 2. The van der Waals surface area contributed by atoms with E-state index in [9.17, 15) is 14.7 Å². The molecule has 0 spiro atoms. The van der Waals surface area contributed by atoms with Crippen LogP contribution in [0.1, 0.15) is 53.4 Å². The van der Waals surface area contributed by atoms with Crippen LogP contribution in [-0.2, 0) is 4.79 Å². The highest BCUT2D eigenvalue weighted by atomic mass is 16.4. The molecule has 0 bridgehead atoms. The van der Waals surface area contributed by atoms with Crippen molar-refractivity contribution in [3.63, 3.8) is 0 Å². The van der Waals surface area contributed by atoms with Crippen LogP contribution in [0.3, 0.4) is 0 Å². The number of likely N-dealkylation sites (tertiary alicyclic amines) is 1. The third-order valence-electron chi connectivity index (χ3n) is 4.87. The van der Waals surface area contributed by atoms with Crippen molar-refractivity contribution in [2.45, 2.75) is 58.9 Å². The van der Waals surface area contributed by atoms with Gasteiger partial charge in [-0.15, -0.1) is 0 Å². The molecule has 0 aromatic carbocycles. The smallest absolute Gasteiger partial charge is 0.320 e. The SMILES string of the molecule is CCCC1(C(=O)O)CCN(C(=O)N(C)C(C)(C)CC)C1. The normalized spacial score (nSPS) is 22.9. The van der Waals surface area contributed by atoms with Crippen molar-refractivity contribution >= 4 is 12.0 Å². The van der Waals surface area contributed by atoms with Gasteiger partial charge in [-0.25, -0.2) is 4.79 Å². The standard InChI is InChI=1S/C15H28N2O3/c1-6-8-15(12(18)19)9-10-17(11-15)13(20)16(5)14(3,4)7-2/h6-11H2,1-5H3,(H,18,19). The summed E-state index contributed by atoms with van der Waals surface area (Å²) in [6.45, 7) is 8.96. The molecule has 1 rings (SSSR count). The summed E-state index contributed by atoms with van der Waals surface area (Å²) in [5.74, 6) is -0.771. The van der Waals surface area contributed by atoms with Crippen LogP contribution in [0.2, 0.25) is 0 Å². The van der Waals surface area contributed by atoms with Gasteiger partial charge in [0.05, 0.1) is 5.41 Å². The quantitative estimate of drug-likeness (QED) is 0.844. The van der Waals surface area contributed by atoms with Gasteiger partial charge in [0.25, 0.3) is 0 Å². The summed E-state index contributed by atoms with van der Waals surface area (Å²) in [6, 6.07) is -0.0592. The first-order valence-electron chi connectivity index (χ1n) is 7.46. The molecule has 0 radical (unpaired) electrons. The van der Waals surface area contributed by atoms with Gasteiger partial charge in [0.1, 0.15) is 0 Å². The van der Waals surface area contributed by atoms with E-state index in [2.05, 4.69) is 0 Å². The van der Waals surface area contributed by atoms with Gasteiger partial charge >= 0.3 is 12.0 Å². The molecule has 0 aliphatic carbocycles. The lowest BCUT2D eigenvalue weighted by Gasteiger charge is -2.37. The number of carboxylic acid groups (broad SMARTS) is 1. The molecule has 0 saturated carbocycles. The van der Waals surface area contributed by atoms with Gasteiger partial charge in [-0.3, -0.25) is 4.79 Å². The van der Waals surface area contributed by atoms with Gasteiger partial charge in [-0.2, -0.15) is 0 Å². The zero-order valence-corrected chi connectivity index (χ0v) is 13.4. The highest BCUT2D eigenvalue weighted by molar-refractivity contribution is 5.80. The van der Waals surface area contributed by atoms with Gasteiger partial charge in [0.2, 0.25) is 0 Å². The maximum Gasteiger partial charge on any atom is 0.320 e. The van der Waals surface area contributed by atoms with E-state index in [-0.39, 0.29) is 11.6 Å². The van der Waals surface area contributed by atoms with Crippen LogP contribution in [-0.4, -0.2) is 52.6 Å². The Morgan fingerprint density at radius 1 is 1.35 bits per heavy atom. The first-order chi connectivity index (χ1) is 9.20. The van der Waals surface area contributed by atoms with Gasteiger partial charge in [0.15, 0.2) is 0 Å². The number of urea groups is 1. The van der Waals surface area contributed by atoms with E-state index in [1.54, 1.807) is 16.8 Å². The molecule has 1 aliphatic heterocycles. The second-order valence-corrected chi connectivity index (χ2v) is 6.51. The van der Waals surface area contributed by atoms with Crippen LogP contribution in [0.25, 0.3) is 0 Å². The van der Waals surface area contributed by atoms with E-state index in [1.807, 2.05) is 27.7 Å². The molecular formula is C15H28N2O3. The number of aliphatic carboxylic acids is 1. The molecule has 1 fully saturated rings. The summed E-state index contributed by atoms with van der Waals surface area (Å²) in [4.78, 5) is 27.5. The van der Waals surface area contributed by atoms with Gasteiger partial charge in [0, 0.05) is 25.7 Å². The topological polar surface area (TPSA) is 60.9 Å². The summed E-state index contributed by atoms with van der Waals surface area (Å²) in [5, 5.41) is 9.49. The van der Waals surface area contributed by atoms with Gasteiger partial charge < -0.3 is 14.9 Å². The van der Waals surface area contributed by atoms with E-state index in [0.717, 1.165) is 12.8 Å². The highest BCUT2D eigenvalue weighted by Gasteiger charge is 2.46. The molecule has 0 aromatic heterocycles. The first kappa shape index (κ1) is 16.8. The third-order valence-corrected chi connectivity index (χ3v) is 4.87. The van der Waals surface area contributed by atoms with Crippen LogP contribution in [0.15, 0.2) is 0 Å². The first-order valence-corrected chi connectivity index (χ1v) is 7.46. The summed E-state index contributed by atoms with van der Waals surface area (Å²) < 4.78 is 0. The van der Waals surface area contributed by atoms with Crippen molar-refractivity contribution in [2.24, 2.45) is 5.41 Å². The summed E-state index contributed by atoms with van der Waals surface area (Å²) in [6.07, 6.45) is 2.88. The fraction of sp³-hybridized carbons (Fsp3) is 0.867. The Morgan fingerprint density at radius 2 is 1.95 bits per heavy atom. The lowest BCUT2D eigenvalue weighted by molar-refractivity contribution is -0.148. The molecule has 1 N–H and O–H groups in total. The Bertz CT molecular complexity index is 381. The number of amides is 2. The summed E-state index contributed by atoms with van der Waals surface area (Å²) >= 11 is 0. The van der Waals surface area contributed by atoms with E-state index in [1.165, 1.54) is 0 Å². The van der Waals surface area contributed by atoms with Gasteiger partial charge in [-0.05, 0) is 33.1 Å². The Labute approximate surface area is 121 Å². The van der Waals surface area contributed by atoms with Crippen molar-refractivity contribution < 1.29 is 14.7 Å². The van der Waals surface area contributed by atoms with Crippen molar-refractivity contribution in [3.05, 3.63) is 0 Å². The van der Waals surface area contributed by atoms with Gasteiger partial charge in [-0.1, -0.05) is 20.3 Å². The lowest BCUT2D eigenvalue weighted by Crippen LogP contribution is -2.51. The molecule has 0 aromatic rings. The second-order valence-electron chi connectivity index (χ2n) is 6.51. The second kappa shape index (κ2) is 6.02. The van der Waals surface area contributed by atoms with Crippen molar-refractivity contribution in [3.8, 4) is 0 Å².